The molecule has 8 nitrogen and oxygen atoms in total. The van der Waals surface area contributed by atoms with E-state index in [2.05, 4.69) is 25.4 Å². The van der Waals surface area contributed by atoms with E-state index in [-0.39, 0.29) is 37.7 Å². The summed E-state index contributed by atoms with van der Waals surface area (Å²) in [6, 6.07) is 1.27. The number of rotatable bonds is 10. The van der Waals surface area contributed by atoms with E-state index < -0.39 is 65.9 Å². The van der Waals surface area contributed by atoms with Crippen LogP contribution >= 0.6 is 0 Å². The van der Waals surface area contributed by atoms with Gasteiger partial charge in [0.15, 0.2) is 5.60 Å². The minimum atomic E-state index is -4.79. The smallest absolute Gasteiger partial charge is 0.486 e. The first-order valence-electron chi connectivity index (χ1n) is 13.4. The van der Waals surface area contributed by atoms with E-state index in [4.69, 9.17) is 9.47 Å². The van der Waals surface area contributed by atoms with Crippen molar-refractivity contribution >= 4 is 6.03 Å². The Labute approximate surface area is 228 Å². The average Bonchev–Trinajstić information content (AvgIpc) is 3.14. The van der Waals surface area contributed by atoms with Gasteiger partial charge >= 0.3 is 18.5 Å². The van der Waals surface area contributed by atoms with Crippen molar-refractivity contribution in [3.63, 3.8) is 0 Å². The number of fused-ring (bicyclic) bond motifs is 1. The van der Waals surface area contributed by atoms with E-state index in [1.54, 1.807) is 14.0 Å². The molecular formula is C26H35F6N3O5. The lowest BCUT2D eigenvalue weighted by atomic mass is 9.85. The zero-order chi connectivity index (χ0) is 29.3. The van der Waals surface area contributed by atoms with Crippen molar-refractivity contribution in [2.24, 2.45) is 0 Å². The Balaban J connectivity index is 1.45. The molecule has 1 aromatic rings. The second-order valence-electron chi connectivity index (χ2n) is 10.7. The van der Waals surface area contributed by atoms with Gasteiger partial charge in [0.2, 0.25) is 0 Å². The number of carbonyl (C=O) groups is 1. The van der Waals surface area contributed by atoms with Crippen molar-refractivity contribution in [3.05, 3.63) is 29.6 Å². The van der Waals surface area contributed by atoms with Crippen LogP contribution in [0.1, 0.15) is 57.9 Å². The Bertz CT molecular complexity index is 1040. The van der Waals surface area contributed by atoms with Crippen LogP contribution in [0.5, 0.6) is 5.75 Å². The minimum absolute atomic E-state index is 0.0641. The highest BCUT2D eigenvalue weighted by atomic mass is 19.4. The average molecular weight is 584 g/mol. The Hall–Kier alpha value is -2.29. The molecule has 2 heterocycles. The maximum Gasteiger partial charge on any atom is 0.486 e. The molecule has 226 valence electrons. The molecule has 1 aromatic carbocycles. The largest absolute Gasteiger partial charge is 0.488 e. The van der Waals surface area contributed by atoms with Crippen LogP contribution in [0.4, 0.5) is 31.1 Å². The fourth-order valence-corrected chi connectivity index (χ4v) is 5.36. The maximum atomic E-state index is 14.1. The first-order valence-corrected chi connectivity index (χ1v) is 13.4. The van der Waals surface area contributed by atoms with Crippen LogP contribution in [0, 0.1) is 5.82 Å². The molecule has 0 spiro atoms. The molecule has 0 bridgehead atoms. The van der Waals surface area contributed by atoms with E-state index >= 15 is 0 Å². The lowest BCUT2D eigenvalue weighted by Crippen LogP contribution is -2.54. The molecule has 0 radical (unpaired) electrons. The first-order chi connectivity index (χ1) is 18.7. The highest BCUT2D eigenvalue weighted by molar-refractivity contribution is 5.74. The number of amides is 2. The summed E-state index contributed by atoms with van der Waals surface area (Å²) in [6.07, 6.45) is -9.44. The zero-order valence-corrected chi connectivity index (χ0v) is 22.5. The molecule has 4 rings (SSSR count). The van der Waals surface area contributed by atoms with Gasteiger partial charge in [-0.2, -0.15) is 13.2 Å². The number of halogens is 6. The quantitative estimate of drug-likeness (QED) is 0.346. The molecule has 2 aliphatic heterocycles. The Morgan fingerprint density at radius 3 is 2.48 bits per heavy atom. The van der Waals surface area contributed by atoms with Crippen molar-refractivity contribution < 1.29 is 50.1 Å². The Morgan fingerprint density at radius 2 is 1.85 bits per heavy atom. The van der Waals surface area contributed by atoms with E-state index in [1.807, 2.05) is 6.92 Å². The third kappa shape index (κ3) is 6.77. The van der Waals surface area contributed by atoms with Gasteiger partial charge in [0.1, 0.15) is 17.7 Å². The molecule has 3 N–H and O–H groups in total. The van der Waals surface area contributed by atoms with E-state index in [1.165, 1.54) is 0 Å². The van der Waals surface area contributed by atoms with Gasteiger partial charge in [-0.15, -0.1) is 8.78 Å². The van der Waals surface area contributed by atoms with Gasteiger partial charge in [0.25, 0.3) is 0 Å². The number of hydrogen-bond donors (Lipinski definition) is 3. The number of hydrogen-bond acceptors (Lipinski definition) is 6. The van der Waals surface area contributed by atoms with E-state index in [0.29, 0.717) is 19.3 Å². The van der Waals surface area contributed by atoms with Gasteiger partial charge in [-0.1, -0.05) is 0 Å². The van der Waals surface area contributed by atoms with E-state index in [9.17, 15) is 31.1 Å². The fourth-order valence-electron chi connectivity index (χ4n) is 5.36. The summed E-state index contributed by atoms with van der Waals surface area (Å²) in [7, 11) is 1.77. The van der Waals surface area contributed by atoms with Gasteiger partial charge in [-0.3, -0.25) is 9.47 Å². The third-order valence-electron chi connectivity index (χ3n) is 7.88. The van der Waals surface area contributed by atoms with Crippen LogP contribution in [-0.2, 0) is 19.8 Å². The molecule has 2 saturated heterocycles. The van der Waals surface area contributed by atoms with Gasteiger partial charge in [0.05, 0.1) is 24.9 Å². The molecular weight excluding hydrogens is 548 g/mol. The summed E-state index contributed by atoms with van der Waals surface area (Å²) < 4.78 is 103. The van der Waals surface area contributed by atoms with Crippen molar-refractivity contribution in [2.75, 3.05) is 13.7 Å². The van der Waals surface area contributed by atoms with Crippen LogP contribution in [0.15, 0.2) is 18.2 Å². The summed E-state index contributed by atoms with van der Waals surface area (Å²) >= 11 is 0. The van der Waals surface area contributed by atoms with Gasteiger partial charge in [-0.05, 0) is 71.2 Å². The van der Waals surface area contributed by atoms with Crippen molar-refractivity contribution in [3.8, 4) is 5.75 Å². The first kappa shape index (κ1) is 30.7. The summed E-state index contributed by atoms with van der Waals surface area (Å²) in [4.78, 5) is 12.9. The number of carbonyl (C=O) groups excluding carboxylic acids is 1. The van der Waals surface area contributed by atoms with Crippen LogP contribution in [-0.4, -0.2) is 68.6 Å². The van der Waals surface area contributed by atoms with Crippen LogP contribution in [0.3, 0.4) is 0 Å². The van der Waals surface area contributed by atoms with Gasteiger partial charge < -0.3 is 25.4 Å². The number of alkyl halides is 5. The predicted octanol–water partition coefficient (Wildman–Crippen LogP) is 4.71. The fraction of sp³-hybridized carbons (Fsp3) is 0.731. The molecule has 0 aromatic heterocycles. The summed E-state index contributed by atoms with van der Waals surface area (Å²) in [5, 5.41) is 8.67. The Kier molecular flexibility index (Phi) is 9.13. The number of benzene rings is 1. The number of urea groups is 1. The Morgan fingerprint density at radius 1 is 1.15 bits per heavy atom. The SMILES string of the molecule is CNC(C)CCC(NC(=O)NC1CCC2OC(F)(F)O[C@H]2C1)[C@H](C)Oc1ccc(F)cc1[C@]1(C(F)(F)F)CCO1. The molecule has 7 atom stereocenters. The third-order valence-corrected chi connectivity index (χ3v) is 7.88. The highest BCUT2D eigenvalue weighted by Crippen LogP contribution is 2.53. The lowest BCUT2D eigenvalue weighted by Gasteiger charge is -2.44. The maximum absolute atomic E-state index is 14.1. The van der Waals surface area contributed by atoms with Crippen molar-refractivity contribution in [2.45, 2.75) is 107 Å². The van der Waals surface area contributed by atoms with Gasteiger partial charge in [0, 0.05) is 24.1 Å². The second-order valence-corrected chi connectivity index (χ2v) is 10.7. The standard InChI is InChI=1S/C26H35F6N3O5/c1-14(33-3)4-7-19(35-23(36)34-17-6-9-21-22(13-17)40-26(31,32)39-21)15(2)38-20-8-5-16(27)12-18(20)24(10-11-37-24)25(28,29)30/h5,8,12,14-15,17,19,21-22,33H,4,6-7,9-11,13H2,1-3H3,(H2,34,35,36)/t14?,15-,17?,19?,21?,22-,24-/m0/s1. The van der Waals surface area contributed by atoms with Crippen LogP contribution in [0.2, 0.25) is 0 Å². The molecule has 3 aliphatic rings. The molecule has 40 heavy (non-hydrogen) atoms. The molecule has 2 amide bonds. The summed E-state index contributed by atoms with van der Waals surface area (Å²) in [6.45, 7) is 3.40. The van der Waals surface area contributed by atoms with Crippen molar-refractivity contribution in [1.82, 2.24) is 16.0 Å². The second kappa shape index (κ2) is 11.9. The highest BCUT2D eigenvalue weighted by Gasteiger charge is 2.62. The van der Waals surface area contributed by atoms with Crippen LogP contribution < -0.4 is 20.7 Å². The molecule has 1 saturated carbocycles. The molecule has 1 aliphatic carbocycles. The topological polar surface area (TPSA) is 90.1 Å². The molecule has 4 unspecified atom stereocenters. The number of ether oxygens (including phenoxy) is 4. The zero-order valence-electron chi connectivity index (χ0n) is 22.5. The van der Waals surface area contributed by atoms with Gasteiger partial charge in [-0.25, -0.2) is 9.18 Å². The van der Waals surface area contributed by atoms with E-state index in [0.717, 1.165) is 18.2 Å². The normalized spacial score (nSPS) is 30.0. The molecule has 14 heteroatoms. The predicted molar refractivity (Wildman–Crippen MR) is 130 cm³/mol. The molecule has 3 fully saturated rings. The van der Waals surface area contributed by atoms with Crippen molar-refractivity contribution in [1.29, 1.82) is 0 Å². The monoisotopic (exact) mass is 583 g/mol. The number of nitrogens with one attached hydrogen (secondary N) is 3. The lowest BCUT2D eigenvalue weighted by molar-refractivity contribution is -0.351. The minimum Gasteiger partial charge on any atom is -0.488 e. The van der Waals surface area contributed by atoms with Crippen LogP contribution in [0.25, 0.3) is 0 Å². The summed E-state index contributed by atoms with van der Waals surface area (Å²) in [5.74, 6) is -1.06. The summed E-state index contributed by atoms with van der Waals surface area (Å²) in [5.41, 5.74) is -3.13.